The first-order chi connectivity index (χ1) is 4.93. The summed E-state index contributed by atoms with van der Waals surface area (Å²) in [6, 6.07) is 0. The molecule has 1 nitrogen and oxygen atoms in total. The quantitative estimate of drug-likeness (QED) is 0.342. The number of hydrogen-bond acceptors (Lipinski definition) is 1. The van der Waals surface area contributed by atoms with E-state index in [-0.39, 0.29) is 0 Å². The molecule has 0 amide bonds. The molecule has 1 heteroatoms. The normalized spacial score (nSPS) is 21.3. The number of hydrogen-bond donors (Lipinski definition) is 1. The molecule has 1 N–H and O–H groups in total. The topological polar surface area (TPSA) is 12.0 Å². The summed E-state index contributed by atoms with van der Waals surface area (Å²) in [5.41, 5.74) is 1.52. The summed E-state index contributed by atoms with van der Waals surface area (Å²) in [6.45, 7) is 2.21. The third-order valence-corrected chi connectivity index (χ3v) is 1.70. The van der Waals surface area contributed by atoms with Gasteiger partial charge in [0.05, 0.1) is 0 Å². The van der Waals surface area contributed by atoms with Crippen LogP contribution in [0.25, 0.3) is 0 Å². The molecular formula is C9H13N. The molecule has 0 bridgehead atoms. The Kier molecular flexibility index (Phi) is 3.05. The van der Waals surface area contributed by atoms with Crippen molar-refractivity contribution in [1.29, 1.82) is 0 Å². The van der Waals surface area contributed by atoms with Crippen LogP contribution in [0.4, 0.5) is 0 Å². The van der Waals surface area contributed by atoms with Crippen LogP contribution in [0.15, 0.2) is 11.6 Å². The van der Waals surface area contributed by atoms with E-state index in [9.17, 15) is 0 Å². The molecule has 1 saturated heterocycles. The van der Waals surface area contributed by atoms with Crippen LogP contribution >= 0.6 is 0 Å². The van der Waals surface area contributed by atoms with Crippen molar-refractivity contribution >= 4 is 0 Å². The van der Waals surface area contributed by atoms with Gasteiger partial charge in [-0.15, -0.1) is 12.3 Å². The molecule has 10 heavy (non-hydrogen) atoms. The maximum Gasteiger partial charge on any atom is 0.0165 e. The first-order valence-corrected chi connectivity index (χ1v) is 3.75. The highest BCUT2D eigenvalue weighted by Gasteiger charge is 2.02. The number of terminal acetylenes is 1. The lowest BCUT2D eigenvalue weighted by Crippen LogP contribution is -2.04. The van der Waals surface area contributed by atoms with Crippen LogP contribution in [0, 0.1) is 12.3 Å². The number of nitrogens with one attached hydrogen (secondary N) is 1. The smallest absolute Gasteiger partial charge is 0.0165 e. The van der Waals surface area contributed by atoms with Gasteiger partial charge in [0.2, 0.25) is 0 Å². The second-order valence-electron chi connectivity index (χ2n) is 2.53. The van der Waals surface area contributed by atoms with Gasteiger partial charge in [-0.2, -0.15) is 0 Å². The van der Waals surface area contributed by atoms with Crippen molar-refractivity contribution in [3.8, 4) is 12.3 Å². The van der Waals surface area contributed by atoms with Crippen molar-refractivity contribution < 1.29 is 0 Å². The molecule has 1 aliphatic rings. The van der Waals surface area contributed by atoms with E-state index < -0.39 is 0 Å². The van der Waals surface area contributed by atoms with Gasteiger partial charge in [-0.3, -0.25) is 0 Å². The zero-order chi connectivity index (χ0) is 7.23. The lowest BCUT2D eigenvalue weighted by atomic mass is 10.2. The maximum atomic E-state index is 5.12. The summed E-state index contributed by atoms with van der Waals surface area (Å²) in [6.07, 6.45) is 10.5. The molecule has 0 aliphatic carbocycles. The molecule has 0 spiro atoms. The fraction of sp³-hybridized carbons (Fsp3) is 0.556. The molecule has 0 aromatic carbocycles. The van der Waals surface area contributed by atoms with Crippen LogP contribution < -0.4 is 5.32 Å². The summed E-state index contributed by atoms with van der Waals surface area (Å²) in [5, 5.41) is 3.28. The fourth-order valence-corrected chi connectivity index (χ4v) is 1.12. The first-order valence-electron chi connectivity index (χ1n) is 3.75. The second kappa shape index (κ2) is 4.14. The second-order valence-corrected chi connectivity index (χ2v) is 2.53. The Morgan fingerprint density at radius 3 is 3.20 bits per heavy atom. The molecule has 0 saturated carbocycles. The largest absolute Gasteiger partial charge is 0.313 e. The van der Waals surface area contributed by atoms with Gasteiger partial charge in [-0.1, -0.05) is 11.6 Å². The lowest BCUT2D eigenvalue weighted by Gasteiger charge is -1.91. The standard InChI is InChI=1S/C9H13N/c1-2-3-4-5-9-6-7-10-8-9/h1,5,10H,3-4,6-8H2/b9-5-. The van der Waals surface area contributed by atoms with Crippen LogP contribution in [-0.2, 0) is 0 Å². The number of allylic oxidation sites excluding steroid dienone is 1. The molecule has 1 aliphatic heterocycles. The maximum absolute atomic E-state index is 5.12. The molecular weight excluding hydrogens is 122 g/mol. The van der Waals surface area contributed by atoms with E-state index in [2.05, 4.69) is 17.3 Å². The Hall–Kier alpha value is -0.740. The van der Waals surface area contributed by atoms with Crippen molar-refractivity contribution in [3.05, 3.63) is 11.6 Å². The monoisotopic (exact) mass is 135 g/mol. The van der Waals surface area contributed by atoms with Gasteiger partial charge in [-0.25, -0.2) is 0 Å². The zero-order valence-corrected chi connectivity index (χ0v) is 6.19. The van der Waals surface area contributed by atoms with Crippen molar-refractivity contribution in [2.45, 2.75) is 19.3 Å². The Bertz CT molecular complexity index is 154. The minimum Gasteiger partial charge on any atom is -0.313 e. The fourth-order valence-electron chi connectivity index (χ4n) is 1.12. The molecule has 1 rings (SSSR count). The first kappa shape index (κ1) is 7.37. The third kappa shape index (κ3) is 2.24. The van der Waals surface area contributed by atoms with Crippen LogP contribution in [0.3, 0.4) is 0 Å². The summed E-state index contributed by atoms with van der Waals surface area (Å²) in [5.74, 6) is 2.63. The Morgan fingerprint density at radius 1 is 1.70 bits per heavy atom. The number of rotatable bonds is 2. The summed E-state index contributed by atoms with van der Waals surface area (Å²) in [7, 11) is 0. The molecule has 0 aromatic rings. The van der Waals surface area contributed by atoms with E-state index in [1.807, 2.05) is 0 Å². The molecule has 0 atom stereocenters. The Morgan fingerprint density at radius 2 is 2.60 bits per heavy atom. The average Bonchev–Trinajstić information content (AvgIpc) is 2.41. The minimum absolute atomic E-state index is 0.878. The highest BCUT2D eigenvalue weighted by molar-refractivity contribution is 5.09. The van der Waals surface area contributed by atoms with Gasteiger partial charge in [0, 0.05) is 13.0 Å². The van der Waals surface area contributed by atoms with Gasteiger partial charge in [0.1, 0.15) is 0 Å². The van der Waals surface area contributed by atoms with E-state index in [4.69, 9.17) is 6.42 Å². The van der Waals surface area contributed by atoms with Gasteiger partial charge in [-0.05, 0) is 19.4 Å². The molecule has 54 valence electrons. The van der Waals surface area contributed by atoms with E-state index in [1.165, 1.54) is 12.0 Å². The Balaban J connectivity index is 2.20. The van der Waals surface area contributed by atoms with Gasteiger partial charge < -0.3 is 5.32 Å². The molecule has 0 aromatic heterocycles. The van der Waals surface area contributed by atoms with Gasteiger partial charge in [0.25, 0.3) is 0 Å². The van der Waals surface area contributed by atoms with E-state index >= 15 is 0 Å². The molecule has 0 unspecified atom stereocenters. The van der Waals surface area contributed by atoms with Crippen molar-refractivity contribution in [2.75, 3.05) is 13.1 Å². The van der Waals surface area contributed by atoms with Crippen molar-refractivity contribution in [3.63, 3.8) is 0 Å². The summed E-state index contributed by atoms with van der Waals surface area (Å²) < 4.78 is 0. The third-order valence-electron chi connectivity index (χ3n) is 1.70. The highest BCUT2D eigenvalue weighted by Crippen LogP contribution is 2.06. The average molecular weight is 135 g/mol. The Labute approximate surface area is 62.5 Å². The van der Waals surface area contributed by atoms with E-state index in [1.54, 1.807) is 0 Å². The summed E-state index contributed by atoms with van der Waals surface area (Å²) >= 11 is 0. The summed E-state index contributed by atoms with van der Waals surface area (Å²) in [4.78, 5) is 0. The zero-order valence-electron chi connectivity index (χ0n) is 6.19. The van der Waals surface area contributed by atoms with Crippen LogP contribution in [0.1, 0.15) is 19.3 Å². The molecule has 0 radical (unpaired) electrons. The van der Waals surface area contributed by atoms with Crippen molar-refractivity contribution in [2.24, 2.45) is 0 Å². The minimum atomic E-state index is 0.878. The van der Waals surface area contributed by atoms with Crippen LogP contribution in [-0.4, -0.2) is 13.1 Å². The number of unbranched alkanes of at least 4 members (excludes halogenated alkanes) is 1. The SMILES string of the molecule is C#CCC/C=C1/CCNC1. The van der Waals surface area contributed by atoms with E-state index in [0.29, 0.717) is 0 Å². The van der Waals surface area contributed by atoms with Gasteiger partial charge >= 0.3 is 0 Å². The molecule has 1 heterocycles. The predicted octanol–water partition coefficient (Wildman–Crippen LogP) is 1.32. The highest BCUT2D eigenvalue weighted by atomic mass is 14.9. The lowest BCUT2D eigenvalue weighted by molar-refractivity contribution is 0.862. The predicted molar refractivity (Wildman–Crippen MR) is 43.6 cm³/mol. The van der Waals surface area contributed by atoms with E-state index in [0.717, 1.165) is 25.9 Å². The van der Waals surface area contributed by atoms with Gasteiger partial charge in [0.15, 0.2) is 0 Å². The van der Waals surface area contributed by atoms with Crippen LogP contribution in [0.5, 0.6) is 0 Å². The molecule has 1 fully saturated rings. The van der Waals surface area contributed by atoms with Crippen molar-refractivity contribution in [1.82, 2.24) is 5.32 Å². The van der Waals surface area contributed by atoms with Crippen LogP contribution in [0.2, 0.25) is 0 Å².